The number of aliphatic hydroxyl groups is 1. The molecule has 0 aromatic carbocycles. The van der Waals surface area contributed by atoms with E-state index in [9.17, 15) is 9.90 Å². The van der Waals surface area contributed by atoms with Gasteiger partial charge in [0, 0.05) is 5.41 Å². The molecule has 31 heavy (non-hydrogen) atoms. The zero-order valence-electron chi connectivity index (χ0n) is 21.3. The predicted octanol–water partition coefficient (Wildman–Crippen LogP) is 7.20. The van der Waals surface area contributed by atoms with Crippen LogP contribution in [0.15, 0.2) is 11.6 Å². The second kappa shape index (κ2) is 8.00. The molecule has 0 heterocycles. The summed E-state index contributed by atoms with van der Waals surface area (Å²) in [5.74, 6) is 4.74. The highest BCUT2D eigenvalue weighted by atomic mass is 16.3. The van der Waals surface area contributed by atoms with Crippen LogP contribution in [0.3, 0.4) is 0 Å². The average Bonchev–Trinajstić information content (AvgIpc) is 3.03. The zero-order valence-corrected chi connectivity index (χ0v) is 21.3. The monoisotopic (exact) mass is 428 g/mol. The molecule has 3 saturated carbocycles. The molecule has 0 saturated heterocycles. The molecule has 4 rings (SSSR count). The molecule has 8 atom stereocenters. The van der Waals surface area contributed by atoms with Crippen LogP contribution in [0.25, 0.3) is 0 Å². The van der Waals surface area contributed by atoms with Crippen LogP contribution >= 0.6 is 0 Å². The standard InChI is InChI=1S/C29H48O2/c1-18(2)9-8-10-19(3)21-12-13-22-20-11-14-25-27(4,5)26(31)24(30)17-29(25,7)23(20)15-16-28(21,22)6/h14,18-24,30H,8-13,15-17H2,1-7H3/t19-,20-,21+,22-,23-,24?,28+,29+/m0/s1. The summed E-state index contributed by atoms with van der Waals surface area (Å²) in [6.45, 7) is 16.4. The van der Waals surface area contributed by atoms with Gasteiger partial charge in [0.25, 0.3) is 0 Å². The number of ketones is 1. The number of rotatable bonds is 5. The van der Waals surface area contributed by atoms with Crippen LogP contribution in [-0.2, 0) is 4.79 Å². The summed E-state index contributed by atoms with van der Waals surface area (Å²) in [6, 6.07) is 0. The molecule has 4 aliphatic rings. The van der Waals surface area contributed by atoms with Gasteiger partial charge in [-0.1, -0.05) is 65.5 Å². The van der Waals surface area contributed by atoms with E-state index in [-0.39, 0.29) is 11.2 Å². The minimum Gasteiger partial charge on any atom is -0.385 e. The van der Waals surface area contributed by atoms with Gasteiger partial charge in [0.1, 0.15) is 6.10 Å². The van der Waals surface area contributed by atoms with E-state index < -0.39 is 11.5 Å². The lowest BCUT2D eigenvalue weighted by molar-refractivity contribution is -0.145. The highest BCUT2D eigenvalue weighted by Crippen LogP contribution is 2.68. The van der Waals surface area contributed by atoms with E-state index in [2.05, 4.69) is 54.5 Å². The van der Waals surface area contributed by atoms with E-state index in [1.165, 1.54) is 50.5 Å². The summed E-state index contributed by atoms with van der Waals surface area (Å²) in [6.07, 6.45) is 13.0. The summed E-state index contributed by atoms with van der Waals surface area (Å²) >= 11 is 0. The van der Waals surface area contributed by atoms with Crippen LogP contribution < -0.4 is 0 Å². The van der Waals surface area contributed by atoms with Crippen molar-refractivity contribution < 1.29 is 9.90 Å². The molecular formula is C29H48O2. The van der Waals surface area contributed by atoms with Gasteiger partial charge in [0.05, 0.1) is 0 Å². The maximum atomic E-state index is 12.8. The fourth-order valence-corrected chi connectivity index (χ4v) is 9.39. The molecule has 0 aliphatic heterocycles. The zero-order chi connectivity index (χ0) is 22.8. The first-order valence-electron chi connectivity index (χ1n) is 13.4. The van der Waals surface area contributed by atoms with Crippen molar-refractivity contribution in [2.75, 3.05) is 0 Å². The van der Waals surface area contributed by atoms with Crippen molar-refractivity contribution in [3.8, 4) is 0 Å². The summed E-state index contributed by atoms with van der Waals surface area (Å²) in [7, 11) is 0. The summed E-state index contributed by atoms with van der Waals surface area (Å²) in [5, 5.41) is 10.7. The van der Waals surface area contributed by atoms with Crippen LogP contribution in [0.4, 0.5) is 0 Å². The van der Waals surface area contributed by atoms with Gasteiger partial charge in [-0.15, -0.1) is 0 Å². The normalized spacial score (nSPS) is 45.0. The fourth-order valence-electron chi connectivity index (χ4n) is 9.39. The number of Topliss-reactive ketones (excluding diaryl/α,β-unsaturated/α-hetero) is 1. The van der Waals surface area contributed by atoms with Crippen molar-refractivity contribution in [2.24, 2.45) is 51.8 Å². The highest BCUT2D eigenvalue weighted by molar-refractivity contribution is 5.92. The molecule has 4 aliphatic carbocycles. The average molecular weight is 429 g/mol. The third-order valence-corrected chi connectivity index (χ3v) is 10.9. The van der Waals surface area contributed by atoms with Gasteiger partial charge in [0.2, 0.25) is 0 Å². The summed E-state index contributed by atoms with van der Waals surface area (Å²) in [4.78, 5) is 12.8. The van der Waals surface area contributed by atoms with Gasteiger partial charge in [-0.25, -0.2) is 0 Å². The number of allylic oxidation sites excluding steroid dienone is 2. The van der Waals surface area contributed by atoms with Gasteiger partial charge in [-0.2, -0.15) is 0 Å². The third kappa shape index (κ3) is 3.58. The molecule has 2 nitrogen and oxygen atoms in total. The molecule has 2 heteroatoms. The smallest absolute Gasteiger partial charge is 0.170 e. The van der Waals surface area contributed by atoms with Crippen LogP contribution in [0.5, 0.6) is 0 Å². The Morgan fingerprint density at radius 1 is 1.03 bits per heavy atom. The summed E-state index contributed by atoms with van der Waals surface area (Å²) in [5.41, 5.74) is 1.30. The van der Waals surface area contributed by atoms with Crippen molar-refractivity contribution in [1.29, 1.82) is 0 Å². The molecule has 0 spiro atoms. The molecule has 0 aromatic heterocycles. The van der Waals surface area contributed by atoms with Crippen molar-refractivity contribution in [1.82, 2.24) is 0 Å². The Morgan fingerprint density at radius 2 is 1.74 bits per heavy atom. The van der Waals surface area contributed by atoms with Gasteiger partial charge in [-0.05, 0) is 98.7 Å². The molecule has 3 fully saturated rings. The second-order valence-electron chi connectivity index (χ2n) is 13.4. The van der Waals surface area contributed by atoms with E-state index in [1.807, 2.05) is 0 Å². The number of hydrogen-bond acceptors (Lipinski definition) is 2. The lowest BCUT2D eigenvalue weighted by atomic mass is 9.44. The van der Waals surface area contributed by atoms with Crippen molar-refractivity contribution in [2.45, 2.75) is 112 Å². The minimum atomic E-state index is -0.790. The lowest BCUT2D eigenvalue weighted by Gasteiger charge is -2.60. The molecule has 0 bridgehead atoms. The van der Waals surface area contributed by atoms with Crippen LogP contribution in [-0.4, -0.2) is 17.0 Å². The van der Waals surface area contributed by atoms with Gasteiger partial charge in [-0.3, -0.25) is 4.79 Å². The number of fused-ring (bicyclic) bond motifs is 5. The van der Waals surface area contributed by atoms with Crippen LogP contribution in [0, 0.1) is 51.8 Å². The maximum Gasteiger partial charge on any atom is 0.170 e. The van der Waals surface area contributed by atoms with Crippen molar-refractivity contribution >= 4 is 5.78 Å². The molecule has 0 radical (unpaired) electrons. The first kappa shape index (κ1) is 23.5. The number of carbonyl (C=O) groups excluding carboxylic acids is 1. The first-order valence-corrected chi connectivity index (χ1v) is 13.4. The molecule has 1 N–H and O–H groups in total. The molecular weight excluding hydrogens is 380 g/mol. The van der Waals surface area contributed by atoms with Crippen molar-refractivity contribution in [3.63, 3.8) is 0 Å². The maximum absolute atomic E-state index is 12.8. The van der Waals surface area contributed by atoms with Crippen LogP contribution in [0.2, 0.25) is 0 Å². The predicted molar refractivity (Wildman–Crippen MR) is 129 cm³/mol. The molecule has 1 unspecified atom stereocenters. The topological polar surface area (TPSA) is 37.3 Å². The van der Waals surface area contributed by atoms with Crippen molar-refractivity contribution in [3.05, 3.63) is 11.6 Å². The molecule has 176 valence electrons. The van der Waals surface area contributed by atoms with E-state index in [0.29, 0.717) is 17.8 Å². The van der Waals surface area contributed by atoms with E-state index in [4.69, 9.17) is 0 Å². The Hall–Kier alpha value is -0.630. The highest BCUT2D eigenvalue weighted by Gasteiger charge is 2.62. The van der Waals surface area contributed by atoms with E-state index >= 15 is 0 Å². The fraction of sp³-hybridized carbons (Fsp3) is 0.897. The Labute approximate surface area is 191 Å². The van der Waals surface area contributed by atoms with E-state index in [0.717, 1.165) is 36.0 Å². The Kier molecular flexibility index (Phi) is 6.07. The lowest BCUT2D eigenvalue weighted by Crippen LogP contribution is -2.57. The number of hydrogen-bond donors (Lipinski definition) is 1. The quantitative estimate of drug-likeness (QED) is 0.470. The second-order valence-corrected chi connectivity index (χ2v) is 13.4. The third-order valence-electron chi connectivity index (χ3n) is 10.9. The van der Waals surface area contributed by atoms with Gasteiger partial charge in [0.15, 0.2) is 5.78 Å². The van der Waals surface area contributed by atoms with Gasteiger partial charge < -0.3 is 5.11 Å². The molecule has 0 aromatic rings. The Bertz CT molecular complexity index is 733. The SMILES string of the molecule is CC(C)CCC[C@H](C)[C@H]1CC[C@H]2[C@@H]3CC=C4C(C)(C)C(=O)C(O)C[C@]4(C)[C@H]3CC[C@]12C. The first-order chi connectivity index (χ1) is 14.4. The largest absolute Gasteiger partial charge is 0.385 e. The minimum absolute atomic E-state index is 0.0119. The van der Waals surface area contributed by atoms with Gasteiger partial charge >= 0.3 is 0 Å². The Balaban J connectivity index is 1.56. The van der Waals surface area contributed by atoms with E-state index in [1.54, 1.807) is 0 Å². The molecule has 0 amide bonds. The van der Waals surface area contributed by atoms with Crippen LogP contribution in [0.1, 0.15) is 106 Å². The number of carbonyl (C=O) groups is 1. The Morgan fingerprint density at radius 3 is 2.42 bits per heavy atom. The number of aliphatic hydroxyl groups excluding tert-OH is 1. The summed E-state index contributed by atoms with van der Waals surface area (Å²) < 4.78 is 0.